The highest BCUT2D eigenvalue weighted by atomic mass is 16.5. The molecular weight excluding hydrogens is 176 g/mol. The lowest BCUT2D eigenvalue weighted by Crippen LogP contribution is -1.83. The number of aromatic hydroxyl groups is 1. The molecule has 0 radical (unpaired) electrons. The number of benzene rings is 2. The second-order valence-electron chi connectivity index (χ2n) is 3.35. The average Bonchev–Trinajstić information content (AvgIpc) is 2.19. The van der Waals surface area contributed by atoms with Crippen LogP contribution >= 0.6 is 0 Å². The van der Waals surface area contributed by atoms with Crippen molar-refractivity contribution in [3.8, 4) is 11.5 Å². The molecule has 0 aliphatic carbocycles. The summed E-state index contributed by atoms with van der Waals surface area (Å²) in [5.41, 5.74) is 0.880. The zero-order valence-electron chi connectivity index (χ0n) is 8.24. The third-order valence-corrected chi connectivity index (χ3v) is 2.36. The van der Waals surface area contributed by atoms with E-state index in [1.54, 1.807) is 13.2 Å². The van der Waals surface area contributed by atoms with Crippen LogP contribution in [0, 0.1) is 6.92 Å². The summed E-state index contributed by atoms with van der Waals surface area (Å²) >= 11 is 0. The number of rotatable bonds is 1. The van der Waals surface area contributed by atoms with Gasteiger partial charge >= 0.3 is 0 Å². The SMILES string of the molecule is COc1ccc2cc(O)c(C)cc2c1. The van der Waals surface area contributed by atoms with Crippen LogP contribution in [0.3, 0.4) is 0 Å². The van der Waals surface area contributed by atoms with E-state index in [1.165, 1.54) is 0 Å². The summed E-state index contributed by atoms with van der Waals surface area (Å²) in [7, 11) is 1.65. The zero-order valence-corrected chi connectivity index (χ0v) is 8.24. The monoisotopic (exact) mass is 188 g/mol. The molecule has 0 aliphatic rings. The summed E-state index contributed by atoms with van der Waals surface area (Å²) in [6.07, 6.45) is 0. The van der Waals surface area contributed by atoms with Gasteiger partial charge in [0, 0.05) is 0 Å². The normalized spacial score (nSPS) is 10.4. The molecule has 0 heterocycles. The Bertz CT molecular complexity index is 475. The van der Waals surface area contributed by atoms with Crippen molar-refractivity contribution in [1.29, 1.82) is 0 Å². The van der Waals surface area contributed by atoms with E-state index in [0.29, 0.717) is 5.75 Å². The van der Waals surface area contributed by atoms with Gasteiger partial charge < -0.3 is 9.84 Å². The Kier molecular flexibility index (Phi) is 2.04. The van der Waals surface area contributed by atoms with E-state index in [2.05, 4.69) is 0 Å². The maximum absolute atomic E-state index is 9.51. The molecule has 2 heteroatoms. The van der Waals surface area contributed by atoms with E-state index in [-0.39, 0.29) is 0 Å². The number of aryl methyl sites for hydroxylation is 1. The van der Waals surface area contributed by atoms with Gasteiger partial charge in [-0.05, 0) is 47.5 Å². The van der Waals surface area contributed by atoms with Crippen LogP contribution in [0.4, 0.5) is 0 Å². The van der Waals surface area contributed by atoms with Crippen molar-refractivity contribution in [2.24, 2.45) is 0 Å². The van der Waals surface area contributed by atoms with Gasteiger partial charge in [0.2, 0.25) is 0 Å². The smallest absolute Gasteiger partial charge is 0.119 e. The van der Waals surface area contributed by atoms with Gasteiger partial charge in [0.25, 0.3) is 0 Å². The highest BCUT2D eigenvalue weighted by molar-refractivity contribution is 5.86. The van der Waals surface area contributed by atoms with Gasteiger partial charge in [-0.2, -0.15) is 0 Å². The topological polar surface area (TPSA) is 29.5 Å². The fourth-order valence-corrected chi connectivity index (χ4v) is 1.50. The Morgan fingerprint density at radius 1 is 1.07 bits per heavy atom. The van der Waals surface area contributed by atoms with Crippen molar-refractivity contribution in [2.45, 2.75) is 6.92 Å². The van der Waals surface area contributed by atoms with E-state index < -0.39 is 0 Å². The Balaban J connectivity index is 2.70. The maximum atomic E-state index is 9.51. The predicted molar refractivity (Wildman–Crippen MR) is 56.9 cm³/mol. The summed E-state index contributed by atoms with van der Waals surface area (Å²) in [6, 6.07) is 9.50. The van der Waals surface area contributed by atoms with E-state index in [1.807, 2.05) is 31.2 Å². The average molecular weight is 188 g/mol. The fraction of sp³-hybridized carbons (Fsp3) is 0.167. The van der Waals surface area contributed by atoms with Crippen molar-refractivity contribution < 1.29 is 9.84 Å². The minimum Gasteiger partial charge on any atom is -0.508 e. The van der Waals surface area contributed by atoms with Gasteiger partial charge in [-0.25, -0.2) is 0 Å². The molecule has 72 valence electrons. The highest BCUT2D eigenvalue weighted by Crippen LogP contribution is 2.27. The van der Waals surface area contributed by atoms with E-state index in [0.717, 1.165) is 22.1 Å². The Morgan fingerprint density at radius 2 is 1.86 bits per heavy atom. The molecule has 2 nitrogen and oxygen atoms in total. The van der Waals surface area contributed by atoms with Crippen molar-refractivity contribution in [1.82, 2.24) is 0 Å². The van der Waals surface area contributed by atoms with Crippen molar-refractivity contribution in [3.05, 3.63) is 35.9 Å². The molecule has 14 heavy (non-hydrogen) atoms. The van der Waals surface area contributed by atoms with Crippen LogP contribution in [0.1, 0.15) is 5.56 Å². The van der Waals surface area contributed by atoms with Gasteiger partial charge in [0.05, 0.1) is 7.11 Å². The Morgan fingerprint density at radius 3 is 2.57 bits per heavy atom. The van der Waals surface area contributed by atoms with E-state index >= 15 is 0 Å². The minimum absolute atomic E-state index is 0.336. The van der Waals surface area contributed by atoms with Gasteiger partial charge in [-0.15, -0.1) is 0 Å². The Labute approximate surface area is 82.8 Å². The molecule has 2 rings (SSSR count). The van der Waals surface area contributed by atoms with Crippen LogP contribution in [-0.4, -0.2) is 12.2 Å². The van der Waals surface area contributed by atoms with Crippen LogP contribution in [0.5, 0.6) is 11.5 Å². The quantitative estimate of drug-likeness (QED) is 0.745. The molecule has 0 saturated carbocycles. The van der Waals surface area contributed by atoms with Crippen LogP contribution in [0.2, 0.25) is 0 Å². The first-order valence-electron chi connectivity index (χ1n) is 4.48. The maximum Gasteiger partial charge on any atom is 0.119 e. The number of hydrogen-bond acceptors (Lipinski definition) is 2. The van der Waals surface area contributed by atoms with Gasteiger partial charge in [0.15, 0.2) is 0 Å². The largest absolute Gasteiger partial charge is 0.508 e. The van der Waals surface area contributed by atoms with Crippen LogP contribution in [0.15, 0.2) is 30.3 Å². The predicted octanol–water partition coefficient (Wildman–Crippen LogP) is 2.86. The van der Waals surface area contributed by atoms with Crippen LogP contribution < -0.4 is 4.74 Å². The van der Waals surface area contributed by atoms with Crippen molar-refractivity contribution in [3.63, 3.8) is 0 Å². The molecule has 2 aromatic carbocycles. The molecule has 0 saturated heterocycles. The van der Waals surface area contributed by atoms with Crippen molar-refractivity contribution >= 4 is 10.8 Å². The molecule has 1 N–H and O–H groups in total. The number of phenols is 1. The third kappa shape index (κ3) is 1.39. The molecule has 0 aliphatic heterocycles. The van der Waals surface area contributed by atoms with Crippen LogP contribution in [0.25, 0.3) is 10.8 Å². The minimum atomic E-state index is 0.336. The van der Waals surface area contributed by atoms with Gasteiger partial charge in [-0.3, -0.25) is 0 Å². The summed E-state index contributed by atoms with van der Waals surface area (Å²) in [5, 5.41) is 11.6. The first-order valence-corrected chi connectivity index (χ1v) is 4.48. The molecular formula is C12H12O2. The summed E-state index contributed by atoms with van der Waals surface area (Å²) in [5.74, 6) is 1.17. The van der Waals surface area contributed by atoms with Crippen LogP contribution in [-0.2, 0) is 0 Å². The number of ether oxygens (including phenoxy) is 1. The first kappa shape index (κ1) is 8.88. The number of methoxy groups -OCH3 is 1. The first-order chi connectivity index (χ1) is 6.70. The van der Waals surface area contributed by atoms with Crippen molar-refractivity contribution in [2.75, 3.05) is 7.11 Å². The number of phenolic OH excluding ortho intramolecular Hbond substituents is 1. The lowest BCUT2D eigenvalue weighted by molar-refractivity contribution is 0.415. The second-order valence-corrected chi connectivity index (χ2v) is 3.35. The lowest BCUT2D eigenvalue weighted by Gasteiger charge is -2.04. The molecule has 0 spiro atoms. The lowest BCUT2D eigenvalue weighted by atomic mass is 10.1. The molecule has 2 aromatic rings. The molecule has 0 fully saturated rings. The molecule has 0 atom stereocenters. The number of hydrogen-bond donors (Lipinski definition) is 1. The van der Waals surface area contributed by atoms with Gasteiger partial charge in [-0.1, -0.05) is 6.07 Å². The third-order valence-electron chi connectivity index (χ3n) is 2.36. The summed E-state index contributed by atoms with van der Waals surface area (Å²) < 4.78 is 5.13. The molecule has 0 amide bonds. The zero-order chi connectivity index (χ0) is 10.1. The standard InChI is InChI=1S/C12H12O2/c1-8-5-10-6-11(14-2)4-3-9(10)7-12(8)13/h3-7,13H,1-2H3. The van der Waals surface area contributed by atoms with Gasteiger partial charge in [0.1, 0.15) is 11.5 Å². The summed E-state index contributed by atoms with van der Waals surface area (Å²) in [4.78, 5) is 0. The summed E-state index contributed by atoms with van der Waals surface area (Å²) in [6.45, 7) is 1.88. The number of fused-ring (bicyclic) bond motifs is 1. The highest BCUT2D eigenvalue weighted by Gasteiger charge is 2.00. The Hall–Kier alpha value is -1.70. The van der Waals surface area contributed by atoms with E-state index in [4.69, 9.17) is 4.74 Å². The molecule has 0 unspecified atom stereocenters. The van der Waals surface area contributed by atoms with E-state index in [9.17, 15) is 5.11 Å². The molecule has 0 aromatic heterocycles. The second kappa shape index (κ2) is 3.22. The fourth-order valence-electron chi connectivity index (χ4n) is 1.50. The molecule has 0 bridgehead atoms.